The van der Waals surface area contributed by atoms with Gasteiger partial charge in [-0.2, -0.15) is 0 Å². The van der Waals surface area contributed by atoms with Crippen LogP contribution in [0.2, 0.25) is 0 Å². The van der Waals surface area contributed by atoms with Crippen LogP contribution in [0.1, 0.15) is 6.42 Å². The lowest BCUT2D eigenvalue weighted by molar-refractivity contribution is 0.0795. The van der Waals surface area contributed by atoms with Crippen LogP contribution in [0, 0.1) is 0 Å². The molecule has 0 aliphatic carbocycles. The highest BCUT2D eigenvalue weighted by Crippen LogP contribution is 2.29. The topological polar surface area (TPSA) is 9.23 Å². The van der Waals surface area contributed by atoms with E-state index >= 15 is 0 Å². The maximum atomic E-state index is 5.48. The van der Waals surface area contributed by atoms with Crippen molar-refractivity contribution in [1.82, 2.24) is 0 Å². The van der Waals surface area contributed by atoms with E-state index in [9.17, 15) is 0 Å². The molecule has 0 aromatic heterocycles. The molecule has 2 aliphatic heterocycles. The molecule has 0 aromatic carbocycles. The summed E-state index contributed by atoms with van der Waals surface area (Å²) >= 11 is 2.37. The highest BCUT2D eigenvalue weighted by atomic mass is 127. The predicted molar refractivity (Wildman–Crippen MR) is 44.5 cm³/mol. The quantitative estimate of drug-likeness (QED) is 0.460. The van der Waals surface area contributed by atoms with Gasteiger partial charge in [0.25, 0.3) is 0 Å². The number of rotatable bonds is 0. The summed E-state index contributed by atoms with van der Waals surface area (Å²) in [5.41, 5.74) is 0. The van der Waals surface area contributed by atoms with Crippen LogP contribution in [-0.4, -0.2) is 12.2 Å². The van der Waals surface area contributed by atoms with Gasteiger partial charge < -0.3 is 4.74 Å². The van der Waals surface area contributed by atoms with E-state index in [1.807, 2.05) is 0 Å². The molecule has 0 saturated heterocycles. The molecule has 0 amide bonds. The zero-order chi connectivity index (χ0) is 6.27. The minimum Gasteiger partial charge on any atom is -0.362 e. The number of fused-ring (bicyclic) bond motifs is 2. The van der Waals surface area contributed by atoms with Crippen LogP contribution in [0.15, 0.2) is 21.8 Å². The summed E-state index contributed by atoms with van der Waals surface area (Å²) in [6.45, 7) is 0. The summed E-state index contributed by atoms with van der Waals surface area (Å²) in [5.74, 6) is 0. The standard InChI is InChI=1S/C7H7IO/c8-5-3-6-1-2-7(4-5)9-6/h1-3,6-7H,4H2/t6-,7+/m1/s1. The van der Waals surface area contributed by atoms with Gasteiger partial charge in [0.1, 0.15) is 0 Å². The Labute approximate surface area is 67.9 Å². The molecule has 0 aromatic rings. The molecule has 2 atom stereocenters. The van der Waals surface area contributed by atoms with Gasteiger partial charge in [0.05, 0.1) is 12.2 Å². The SMILES string of the molecule is IC1=C[C@H]2C=C[C@@H](C1)O2. The average molecular weight is 234 g/mol. The van der Waals surface area contributed by atoms with E-state index in [2.05, 4.69) is 40.8 Å². The van der Waals surface area contributed by atoms with Crippen LogP contribution in [0.3, 0.4) is 0 Å². The zero-order valence-electron chi connectivity index (χ0n) is 4.88. The van der Waals surface area contributed by atoms with Gasteiger partial charge in [-0.3, -0.25) is 0 Å². The van der Waals surface area contributed by atoms with Crippen molar-refractivity contribution >= 4 is 22.6 Å². The highest BCUT2D eigenvalue weighted by molar-refractivity contribution is 14.1. The molecule has 2 heteroatoms. The van der Waals surface area contributed by atoms with Crippen molar-refractivity contribution in [3.63, 3.8) is 0 Å². The van der Waals surface area contributed by atoms with Gasteiger partial charge in [-0.15, -0.1) is 0 Å². The molecular weight excluding hydrogens is 227 g/mol. The second kappa shape index (κ2) is 2.09. The Kier molecular flexibility index (Phi) is 1.38. The molecule has 2 aliphatic rings. The second-order valence-electron chi connectivity index (χ2n) is 2.34. The fraction of sp³-hybridized carbons (Fsp3) is 0.429. The lowest BCUT2D eigenvalue weighted by Gasteiger charge is -2.16. The first-order valence-corrected chi connectivity index (χ1v) is 4.12. The van der Waals surface area contributed by atoms with Gasteiger partial charge in [0, 0.05) is 6.42 Å². The van der Waals surface area contributed by atoms with Crippen molar-refractivity contribution in [3.05, 3.63) is 21.8 Å². The summed E-state index contributed by atoms with van der Waals surface area (Å²) in [6.07, 6.45) is 8.18. The Hall–Kier alpha value is 0.170. The Bertz CT molecular complexity index is 183. The van der Waals surface area contributed by atoms with Gasteiger partial charge in [0.2, 0.25) is 0 Å². The Morgan fingerprint density at radius 2 is 2.44 bits per heavy atom. The van der Waals surface area contributed by atoms with Gasteiger partial charge in [-0.05, 0) is 32.2 Å². The third-order valence-electron chi connectivity index (χ3n) is 1.59. The van der Waals surface area contributed by atoms with Gasteiger partial charge >= 0.3 is 0 Å². The molecule has 0 unspecified atom stereocenters. The van der Waals surface area contributed by atoms with Crippen molar-refractivity contribution in [1.29, 1.82) is 0 Å². The number of hydrogen-bond donors (Lipinski definition) is 0. The molecular formula is C7H7IO. The lowest BCUT2D eigenvalue weighted by atomic mass is 10.2. The Balaban J connectivity index is 2.27. The van der Waals surface area contributed by atoms with Crippen molar-refractivity contribution in [2.24, 2.45) is 0 Å². The van der Waals surface area contributed by atoms with Crippen molar-refractivity contribution in [3.8, 4) is 0 Å². The molecule has 48 valence electrons. The van der Waals surface area contributed by atoms with Crippen LogP contribution in [-0.2, 0) is 4.74 Å². The molecule has 1 nitrogen and oxygen atoms in total. The van der Waals surface area contributed by atoms with Gasteiger partial charge in [0.15, 0.2) is 0 Å². The van der Waals surface area contributed by atoms with Gasteiger partial charge in [-0.1, -0.05) is 12.2 Å². The van der Waals surface area contributed by atoms with E-state index in [4.69, 9.17) is 4.74 Å². The molecule has 2 heterocycles. The molecule has 0 spiro atoms. The first-order chi connectivity index (χ1) is 4.34. The molecule has 2 bridgehead atoms. The third kappa shape index (κ3) is 1.05. The first kappa shape index (κ1) is 5.92. The van der Waals surface area contributed by atoms with Gasteiger partial charge in [-0.25, -0.2) is 0 Å². The van der Waals surface area contributed by atoms with Crippen LogP contribution in [0.25, 0.3) is 0 Å². The maximum Gasteiger partial charge on any atom is 0.0956 e. The molecule has 0 N–H and O–H groups in total. The van der Waals surface area contributed by atoms with Crippen LogP contribution in [0.4, 0.5) is 0 Å². The summed E-state index contributed by atoms with van der Waals surface area (Å²) in [4.78, 5) is 0. The zero-order valence-corrected chi connectivity index (χ0v) is 7.04. The smallest absolute Gasteiger partial charge is 0.0956 e. The molecule has 0 radical (unpaired) electrons. The largest absolute Gasteiger partial charge is 0.362 e. The fourth-order valence-corrected chi connectivity index (χ4v) is 1.96. The van der Waals surface area contributed by atoms with Crippen molar-refractivity contribution in [2.75, 3.05) is 0 Å². The maximum absolute atomic E-state index is 5.48. The Morgan fingerprint density at radius 3 is 3.22 bits per heavy atom. The number of ether oxygens (including phenoxy) is 1. The highest BCUT2D eigenvalue weighted by Gasteiger charge is 2.22. The summed E-state index contributed by atoms with van der Waals surface area (Å²) in [7, 11) is 0. The third-order valence-corrected chi connectivity index (χ3v) is 2.39. The normalized spacial score (nSPS) is 39.0. The minimum atomic E-state index is 0.288. The average Bonchev–Trinajstić information content (AvgIpc) is 2.11. The second-order valence-corrected chi connectivity index (χ2v) is 3.73. The van der Waals surface area contributed by atoms with E-state index in [0.717, 1.165) is 6.42 Å². The van der Waals surface area contributed by atoms with Crippen LogP contribution < -0.4 is 0 Å². The fourth-order valence-electron chi connectivity index (χ4n) is 1.18. The molecule has 2 rings (SSSR count). The number of halogens is 1. The molecule has 0 saturated carbocycles. The van der Waals surface area contributed by atoms with Crippen molar-refractivity contribution in [2.45, 2.75) is 18.6 Å². The number of hydrogen-bond acceptors (Lipinski definition) is 1. The van der Waals surface area contributed by atoms with E-state index < -0.39 is 0 Å². The van der Waals surface area contributed by atoms with E-state index in [-0.39, 0.29) is 6.10 Å². The van der Waals surface area contributed by atoms with E-state index in [1.54, 1.807) is 0 Å². The van der Waals surface area contributed by atoms with Crippen LogP contribution in [0.5, 0.6) is 0 Å². The molecule has 9 heavy (non-hydrogen) atoms. The summed E-state index contributed by atoms with van der Waals surface area (Å²) in [5, 5.41) is 0. The van der Waals surface area contributed by atoms with E-state index in [0.29, 0.717) is 6.10 Å². The lowest BCUT2D eigenvalue weighted by Crippen LogP contribution is -2.15. The van der Waals surface area contributed by atoms with Crippen LogP contribution >= 0.6 is 22.6 Å². The minimum absolute atomic E-state index is 0.288. The summed E-state index contributed by atoms with van der Waals surface area (Å²) in [6, 6.07) is 0. The summed E-state index contributed by atoms with van der Waals surface area (Å²) < 4.78 is 6.90. The monoisotopic (exact) mass is 234 g/mol. The predicted octanol–water partition coefficient (Wildman–Crippen LogP) is 2.03. The van der Waals surface area contributed by atoms with E-state index in [1.165, 1.54) is 3.58 Å². The van der Waals surface area contributed by atoms with Crippen molar-refractivity contribution < 1.29 is 4.74 Å². The first-order valence-electron chi connectivity index (χ1n) is 3.04. The Morgan fingerprint density at radius 1 is 1.56 bits per heavy atom. The molecule has 0 fully saturated rings.